The van der Waals surface area contributed by atoms with Gasteiger partial charge >= 0.3 is 0 Å². The zero-order valence-electron chi connectivity index (χ0n) is 5.97. The van der Waals surface area contributed by atoms with Crippen molar-refractivity contribution in [1.82, 2.24) is 9.78 Å². The molecule has 0 aromatic carbocycles. The summed E-state index contributed by atoms with van der Waals surface area (Å²) in [6.45, 7) is 2.00. The number of aromatic nitrogens is 2. The number of rotatable bonds is 1. The molecule has 1 aromatic rings. The smallest absolute Gasteiger partial charge is 0.0774 e. The zero-order chi connectivity index (χ0) is 6.85. The molecule has 10 heavy (non-hydrogen) atoms. The van der Waals surface area contributed by atoms with Crippen molar-refractivity contribution in [2.24, 2.45) is 7.05 Å². The van der Waals surface area contributed by atoms with Crippen LogP contribution in [0, 0.1) is 6.92 Å². The molecule has 58 valence electrons. The lowest BCUT2D eigenvalue weighted by atomic mass is 10.4. The molecular formula is C6H10Cl2N2. The van der Waals surface area contributed by atoms with Crippen LogP contribution in [0.5, 0.6) is 0 Å². The van der Waals surface area contributed by atoms with Gasteiger partial charge in [-0.1, -0.05) is 0 Å². The molecule has 0 radical (unpaired) electrons. The number of aryl methyl sites for hydroxylation is 2. The van der Waals surface area contributed by atoms with Gasteiger partial charge in [0.05, 0.1) is 11.6 Å². The summed E-state index contributed by atoms with van der Waals surface area (Å²) in [6, 6.07) is 1.98. The molecule has 0 saturated heterocycles. The van der Waals surface area contributed by atoms with E-state index in [0.29, 0.717) is 5.88 Å². The molecule has 0 aliphatic carbocycles. The predicted molar refractivity (Wildman–Crippen MR) is 44.8 cm³/mol. The Kier molecular flexibility index (Phi) is 3.76. The van der Waals surface area contributed by atoms with Crippen molar-refractivity contribution in [2.75, 3.05) is 0 Å². The van der Waals surface area contributed by atoms with Gasteiger partial charge in [0.25, 0.3) is 0 Å². The third kappa shape index (κ3) is 1.89. The third-order valence-corrected chi connectivity index (χ3v) is 1.58. The van der Waals surface area contributed by atoms with E-state index in [-0.39, 0.29) is 12.4 Å². The first-order chi connectivity index (χ1) is 4.24. The van der Waals surface area contributed by atoms with Crippen molar-refractivity contribution < 1.29 is 0 Å². The summed E-state index contributed by atoms with van der Waals surface area (Å²) in [7, 11) is 1.91. The van der Waals surface area contributed by atoms with Crippen LogP contribution in [-0.4, -0.2) is 9.78 Å². The molecule has 0 amide bonds. The highest BCUT2D eigenvalue weighted by molar-refractivity contribution is 6.16. The Bertz CT molecular complexity index is 188. The SMILES string of the molecule is Cc1cc(CCl)nn1C.Cl. The maximum absolute atomic E-state index is 5.54. The fourth-order valence-corrected chi connectivity index (χ4v) is 0.831. The van der Waals surface area contributed by atoms with Crippen LogP contribution in [0.2, 0.25) is 0 Å². The first-order valence-electron chi connectivity index (χ1n) is 2.79. The Hall–Kier alpha value is -0.210. The van der Waals surface area contributed by atoms with Crippen LogP contribution >= 0.6 is 24.0 Å². The normalized spacial score (nSPS) is 9.10. The maximum atomic E-state index is 5.54. The molecule has 0 aliphatic heterocycles. The Morgan fingerprint density at radius 1 is 1.70 bits per heavy atom. The van der Waals surface area contributed by atoms with E-state index >= 15 is 0 Å². The second-order valence-corrected chi connectivity index (χ2v) is 2.30. The topological polar surface area (TPSA) is 17.8 Å². The van der Waals surface area contributed by atoms with E-state index in [0.717, 1.165) is 11.4 Å². The Morgan fingerprint density at radius 2 is 2.30 bits per heavy atom. The quantitative estimate of drug-likeness (QED) is 0.605. The van der Waals surface area contributed by atoms with Crippen LogP contribution in [0.15, 0.2) is 6.07 Å². The lowest BCUT2D eigenvalue weighted by Gasteiger charge is -1.88. The summed E-state index contributed by atoms with van der Waals surface area (Å²) in [5, 5.41) is 4.11. The van der Waals surface area contributed by atoms with Gasteiger partial charge in [-0.15, -0.1) is 24.0 Å². The van der Waals surface area contributed by atoms with Gasteiger partial charge in [0.2, 0.25) is 0 Å². The average molecular weight is 181 g/mol. The highest BCUT2D eigenvalue weighted by atomic mass is 35.5. The predicted octanol–water partition coefficient (Wildman–Crippen LogP) is 1.89. The van der Waals surface area contributed by atoms with E-state index in [1.807, 2.05) is 24.7 Å². The molecule has 0 aliphatic rings. The fraction of sp³-hybridized carbons (Fsp3) is 0.500. The third-order valence-electron chi connectivity index (χ3n) is 1.30. The van der Waals surface area contributed by atoms with Crippen molar-refractivity contribution >= 4 is 24.0 Å². The van der Waals surface area contributed by atoms with Gasteiger partial charge in [0.1, 0.15) is 0 Å². The van der Waals surface area contributed by atoms with Crippen molar-refractivity contribution in [1.29, 1.82) is 0 Å². The first kappa shape index (κ1) is 9.79. The Morgan fingerprint density at radius 3 is 2.50 bits per heavy atom. The number of hydrogen-bond acceptors (Lipinski definition) is 1. The standard InChI is InChI=1S/C6H9ClN2.ClH/c1-5-3-6(4-7)8-9(5)2;/h3H,4H2,1-2H3;1H. The number of hydrogen-bond donors (Lipinski definition) is 0. The summed E-state index contributed by atoms with van der Waals surface area (Å²) in [6.07, 6.45) is 0. The van der Waals surface area contributed by atoms with E-state index in [1.54, 1.807) is 0 Å². The van der Waals surface area contributed by atoms with E-state index in [9.17, 15) is 0 Å². The summed E-state index contributed by atoms with van der Waals surface area (Å²) < 4.78 is 1.82. The first-order valence-corrected chi connectivity index (χ1v) is 3.33. The highest BCUT2D eigenvalue weighted by Gasteiger charge is 1.96. The maximum Gasteiger partial charge on any atom is 0.0774 e. The van der Waals surface area contributed by atoms with Gasteiger partial charge in [-0.2, -0.15) is 5.10 Å². The van der Waals surface area contributed by atoms with Crippen LogP contribution in [0.25, 0.3) is 0 Å². The lowest BCUT2D eigenvalue weighted by molar-refractivity contribution is 0.729. The minimum Gasteiger partial charge on any atom is -0.273 e. The Labute approximate surface area is 71.6 Å². The lowest BCUT2D eigenvalue weighted by Crippen LogP contribution is -1.92. The fourth-order valence-electron chi connectivity index (χ4n) is 0.700. The van der Waals surface area contributed by atoms with Crippen LogP contribution in [0.4, 0.5) is 0 Å². The molecular weight excluding hydrogens is 171 g/mol. The van der Waals surface area contributed by atoms with Gasteiger partial charge in [-0.25, -0.2) is 0 Å². The van der Waals surface area contributed by atoms with Gasteiger partial charge in [-0.3, -0.25) is 4.68 Å². The van der Waals surface area contributed by atoms with Crippen LogP contribution in [0.1, 0.15) is 11.4 Å². The largest absolute Gasteiger partial charge is 0.273 e. The zero-order valence-corrected chi connectivity index (χ0v) is 7.54. The molecule has 4 heteroatoms. The molecule has 1 rings (SSSR count). The monoisotopic (exact) mass is 180 g/mol. The van der Waals surface area contributed by atoms with Crippen molar-refractivity contribution in [3.63, 3.8) is 0 Å². The van der Waals surface area contributed by atoms with E-state index < -0.39 is 0 Å². The van der Waals surface area contributed by atoms with Crippen molar-refractivity contribution in [3.8, 4) is 0 Å². The number of halogens is 2. The molecule has 1 aromatic heterocycles. The molecule has 0 N–H and O–H groups in total. The second kappa shape index (κ2) is 3.84. The number of alkyl halides is 1. The van der Waals surface area contributed by atoms with Crippen LogP contribution in [0.3, 0.4) is 0 Å². The molecule has 1 heterocycles. The van der Waals surface area contributed by atoms with Gasteiger partial charge in [0, 0.05) is 12.7 Å². The molecule has 0 saturated carbocycles. The molecule has 0 unspecified atom stereocenters. The molecule has 0 fully saturated rings. The second-order valence-electron chi connectivity index (χ2n) is 2.03. The summed E-state index contributed by atoms with van der Waals surface area (Å²) >= 11 is 5.54. The minimum atomic E-state index is 0. The van der Waals surface area contributed by atoms with Crippen molar-refractivity contribution in [2.45, 2.75) is 12.8 Å². The van der Waals surface area contributed by atoms with Crippen molar-refractivity contribution in [3.05, 3.63) is 17.5 Å². The summed E-state index contributed by atoms with van der Waals surface area (Å²) in [4.78, 5) is 0. The molecule has 0 spiro atoms. The number of nitrogens with zero attached hydrogens (tertiary/aromatic N) is 2. The average Bonchev–Trinajstić information content (AvgIpc) is 2.13. The molecule has 2 nitrogen and oxygen atoms in total. The van der Waals surface area contributed by atoms with Gasteiger partial charge < -0.3 is 0 Å². The summed E-state index contributed by atoms with van der Waals surface area (Å²) in [5.41, 5.74) is 2.09. The van der Waals surface area contributed by atoms with E-state index in [1.165, 1.54) is 0 Å². The van der Waals surface area contributed by atoms with Gasteiger partial charge in [0.15, 0.2) is 0 Å². The molecule has 0 bridgehead atoms. The van der Waals surface area contributed by atoms with Crippen LogP contribution in [-0.2, 0) is 12.9 Å². The highest BCUT2D eigenvalue weighted by Crippen LogP contribution is 2.02. The molecule has 0 atom stereocenters. The van der Waals surface area contributed by atoms with E-state index in [2.05, 4.69) is 5.10 Å². The van der Waals surface area contributed by atoms with Crippen LogP contribution < -0.4 is 0 Å². The minimum absolute atomic E-state index is 0. The summed E-state index contributed by atoms with van der Waals surface area (Å²) in [5.74, 6) is 0.502. The van der Waals surface area contributed by atoms with Gasteiger partial charge in [-0.05, 0) is 13.0 Å². The van der Waals surface area contributed by atoms with E-state index in [4.69, 9.17) is 11.6 Å². The Balaban J connectivity index is 0.000000810.